The van der Waals surface area contributed by atoms with E-state index in [2.05, 4.69) is 27.3 Å². The van der Waals surface area contributed by atoms with E-state index in [-0.39, 0.29) is 5.91 Å². The summed E-state index contributed by atoms with van der Waals surface area (Å²) in [4.78, 5) is 17.9. The minimum absolute atomic E-state index is 0.156. The molecule has 0 fully saturated rings. The van der Waals surface area contributed by atoms with Crippen molar-refractivity contribution in [3.05, 3.63) is 64.4 Å². The number of hydrogen-bond acceptors (Lipinski definition) is 3. The van der Waals surface area contributed by atoms with Crippen molar-refractivity contribution in [1.82, 2.24) is 15.2 Å². The lowest BCUT2D eigenvalue weighted by atomic mass is 10.1. The van der Waals surface area contributed by atoms with Gasteiger partial charge in [-0.05, 0) is 37.4 Å². The summed E-state index contributed by atoms with van der Waals surface area (Å²) >= 11 is 5.77. The van der Waals surface area contributed by atoms with Crippen LogP contribution < -0.4 is 5.32 Å². The van der Waals surface area contributed by atoms with Crippen LogP contribution in [0.4, 0.5) is 0 Å². The Labute approximate surface area is 129 Å². The topological polar surface area (TPSA) is 45.2 Å². The molecule has 0 unspecified atom stereocenters. The first kappa shape index (κ1) is 15.5. The molecule has 0 saturated heterocycles. The number of benzene rings is 1. The van der Waals surface area contributed by atoms with Crippen LogP contribution in [0.2, 0.25) is 5.15 Å². The highest BCUT2D eigenvalue weighted by atomic mass is 35.5. The summed E-state index contributed by atoms with van der Waals surface area (Å²) in [6, 6.07) is 11.4. The quantitative estimate of drug-likeness (QED) is 0.864. The van der Waals surface area contributed by atoms with Crippen LogP contribution in [0.5, 0.6) is 0 Å². The van der Waals surface area contributed by atoms with Crippen LogP contribution in [-0.4, -0.2) is 29.9 Å². The third-order valence-electron chi connectivity index (χ3n) is 2.96. The summed E-state index contributed by atoms with van der Waals surface area (Å²) in [6.45, 7) is 1.39. The van der Waals surface area contributed by atoms with Crippen LogP contribution in [-0.2, 0) is 13.1 Å². The van der Waals surface area contributed by atoms with Crippen molar-refractivity contribution in [3.8, 4) is 0 Å². The zero-order valence-corrected chi connectivity index (χ0v) is 12.9. The number of aromatic nitrogens is 1. The van der Waals surface area contributed by atoms with Crippen molar-refractivity contribution in [2.75, 3.05) is 14.1 Å². The molecule has 0 saturated carbocycles. The molecule has 0 bridgehead atoms. The van der Waals surface area contributed by atoms with Gasteiger partial charge in [0.05, 0.1) is 0 Å². The molecular weight excluding hydrogens is 286 g/mol. The largest absolute Gasteiger partial charge is 0.348 e. The highest BCUT2D eigenvalue weighted by Crippen LogP contribution is 2.08. The number of halogens is 1. The monoisotopic (exact) mass is 303 g/mol. The second kappa shape index (κ2) is 7.20. The number of hydrogen-bond donors (Lipinski definition) is 1. The average Bonchev–Trinajstić information content (AvgIpc) is 2.45. The van der Waals surface area contributed by atoms with Crippen LogP contribution in [0.15, 0.2) is 42.6 Å². The fourth-order valence-electron chi connectivity index (χ4n) is 1.96. The van der Waals surface area contributed by atoms with E-state index in [4.69, 9.17) is 11.6 Å². The summed E-state index contributed by atoms with van der Waals surface area (Å²) in [5.74, 6) is -0.156. The summed E-state index contributed by atoms with van der Waals surface area (Å²) in [5.41, 5.74) is 2.82. The van der Waals surface area contributed by atoms with Crippen molar-refractivity contribution in [2.24, 2.45) is 0 Å². The molecule has 1 aromatic heterocycles. The second-order valence-electron chi connectivity index (χ2n) is 5.10. The van der Waals surface area contributed by atoms with E-state index in [9.17, 15) is 4.79 Å². The zero-order chi connectivity index (χ0) is 15.2. The summed E-state index contributed by atoms with van der Waals surface area (Å²) in [7, 11) is 4.07. The Balaban J connectivity index is 1.92. The Kier molecular flexibility index (Phi) is 5.31. The molecule has 1 amide bonds. The average molecular weight is 304 g/mol. The molecule has 110 valence electrons. The molecular formula is C16H18ClN3O. The summed E-state index contributed by atoms with van der Waals surface area (Å²) in [5, 5.41) is 3.18. The Hall–Kier alpha value is -1.91. The van der Waals surface area contributed by atoms with Gasteiger partial charge in [-0.3, -0.25) is 4.79 Å². The van der Waals surface area contributed by atoms with Gasteiger partial charge in [0.2, 0.25) is 0 Å². The minimum atomic E-state index is -0.156. The minimum Gasteiger partial charge on any atom is -0.348 e. The van der Waals surface area contributed by atoms with E-state index in [1.54, 1.807) is 12.1 Å². The first-order chi connectivity index (χ1) is 10.0. The smallest absolute Gasteiger partial charge is 0.251 e. The van der Waals surface area contributed by atoms with Gasteiger partial charge in [-0.15, -0.1) is 0 Å². The molecule has 0 spiro atoms. The van der Waals surface area contributed by atoms with Crippen LogP contribution in [0, 0.1) is 0 Å². The predicted molar refractivity (Wildman–Crippen MR) is 84.3 cm³/mol. The van der Waals surface area contributed by atoms with Crippen LogP contribution in [0.25, 0.3) is 0 Å². The van der Waals surface area contributed by atoms with Crippen LogP contribution in [0.3, 0.4) is 0 Å². The van der Waals surface area contributed by atoms with Crippen molar-refractivity contribution >= 4 is 17.5 Å². The molecule has 1 N–H and O–H groups in total. The molecule has 1 aromatic carbocycles. The van der Waals surface area contributed by atoms with Gasteiger partial charge in [-0.2, -0.15) is 0 Å². The van der Waals surface area contributed by atoms with Crippen LogP contribution >= 0.6 is 11.6 Å². The lowest BCUT2D eigenvalue weighted by Gasteiger charge is -2.10. The van der Waals surface area contributed by atoms with Gasteiger partial charge < -0.3 is 10.2 Å². The van der Waals surface area contributed by atoms with Crippen molar-refractivity contribution in [2.45, 2.75) is 13.1 Å². The molecule has 0 aliphatic carbocycles. The van der Waals surface area contributed by atoms with Gasteiger partial charge in [-0.25, -0.2) is 4.98 Å². The Morgan fingerprint density at radius 1 is 1.19 bits per heavy atom. The Bertz CT molecular complexity index is 611. The van der Waals surface area contributed by atoms with Crippen molar-refractivity contribution < 1.29 is 4.79 Å². The number of amides is 1. The molecule has 0 aliphatic heterocycles. The number of carbonyl (C=O) groups excluding carboxylic acids is 1. The molecule has 1 heterocycles. The maximum Gasteiger partial charge on any atom is 0.251 e. The number of nitrogens with zero attached hydrogens (tertiary/aromatic N) is 2. The first-order valence-corrected chi connectivity index (χ1v) is 7.04. The van der Waals surface area contributed by atoms with Gasteiger partial charge in [0.1, 0.15) is 5.15 Å². The lowest BCUT2D eigenvalue weighted by molar-refractivity contribution is 0.0951. The predicted octanol–water partition coefficient (Wildman–Crippen LogP) is 2.73. The lowest BCUT2D eigenvalue weighted by Crippen LogP contribution is -2.22. The van der Waals surface area contributed by atoms with Gasteiger partial charge in [0.25, 0.3) is 5.91 Å². The van der Waals surface area contributed by atoms with E-state index in [0.717, 1.165) is 12.1 Å². The standard InChI is InChI=1S/C16H18ClN3O/c1-20(2)11-13-5-3-12(4-6-13)10-19-16(21)14-7-8-18-15(17)9-14/h3-9H,10-11H2,1-2H3,(H,19,21). The first-order valence-electron chi connectivity index (χ1n) is 6.67. The third kappa shape index (κ3) is 4.85. The molecule has 2 rings (SSSR count). The summed E-state index contributed by atoms with van der Waals surface area (Å²) in [6.07, 6.45) is 1.52. The molecule has 2 aromatic rings. The van der Waals surface area contributed by atoms with Gasteiger partial charge in [0, 0.05) is 24.8 Å². The molecule has 4 nitrogen and oxygen atoms in total. The molecule has 0 atom stereocenters. The van der Waals surface area contributed by atoms with Gasteiger partial charge >= 0.3 is 0 Å². The molecule has 0 radical (unpaired) electrons. The van der Waals surface area contributed by atoms with E-state index in [0.29, 0.717) is 17.3 Å². The van der Waals surface area contributed by atoms with Gasteiger partial charge in [0.15, 0.2) is 0 Å². The molecule has 21 heavy (non-hydrogen) atoms. The number of nitrogens with one attached hydrogen (secondary N) is 1. The number of carbonyl (C=O) groups is 1. The SMILES string of the molecule is CN(C)Cc1ccc(CNC(=O)c2ccnc(Cl)c2)cc1. The Morgan fingerprint density at radius 2 is 1.86 bits per heavy atom. The van der Waals surface area contributed by atoms with E-state index in [1.807, 2.05) is 26.2 Å². The maximum atomic E-state index is 12.0. The highest BCUT2D eigenvalue weighted by Gasteiger charge is 2.06. The number of pyridine rings is 1. The van der Waals surface area contributed by atoms with Gasteiger partial charge in [-0.1, -0.05) is 35.9 Å². The van der Waals surface area contributed by atoms with E-state index >= 15 is 0 Å². The fraction of sp³-hybridized carbons (Fsp3) is 0.250. The molecule has 0 aliphatic rings. The second-order valence-corrected chi connectivity index (χ2v) is 5.49. The van der Waals surface area contributed by atoms with E-state index < -0.39 is 0 Å². The highest BCUT2D eigenvalue weighted by molar-refractivity contribution is 6.29. The normalized spacial score (nSPS) is 10.7. The van der Waals surface area contributed by atoms with Crippen molar-refractivity contribution in [1.29, 1.82) is 0 Å². The van der Waals surface area contributed by atoms with E-state index in [1.165, 1.54) is 11.8 Å². The fourth-order valence-corrected chi connectivity index (χ4v) is 2.13. The maximum absolute atomic E-state index is 12.0. The summed E-state index contributed by atoms with van der Waals surface area (Å²) < 4.78 is 0. The molecule has 5 heteroatoms. The third-order valence-corrected chi connectivity index (χ3v) is 3.17. The van der Waals surface area contributed by atoms with Crippen molar-refractivity contribution in [3.63, 3.8) is 0 Å². The van der Waals surface area contributed by atoms with Crippen LogP contribution in [0.1, 0.15) is 21.5 Å². The Morgan fingerprint density at radius 3 is 2.48 bits per heavy atom. The zero-order valence-electron chi connectivity index (χ0n) is 12.1. The number of rotatable bonds is 5.